The van der Waals surface area contributed by atoms with Crippen LogP contribution in [-0.4, -0.2) is 35.9 Å². The van der Waals surface area contributed by atoms with E-state index in [2.05, 4.69) is 34.7 Å². The Balaban J connectivity index is 1.73. The zero-order valence-corrected chi connectivity index (χ0v) is 14.9. The van der Waals surface area contributed by atoms with Crippen molar-refractivity contribution in [3.8, 4) is 11.1 Å². The fourth-order valence-electron chi connectivity index (χ4n) is 2.82. The maximum absolute atomic E-state index is 12.5. The highest BCUT2D eigenvalue weighted by Gasteiger charge is 2.12. The molecule has 0 radical (unpaired) electrons. The molecule has 1 amide bonds. The number of nitrogens with one attached hydrogen (secondary N) is 1. The molecule has 2 aromatic carbocycles. The summed E-state index contributed by atoms with van der Waals surface area (Å²) in [5.74, 6) is -0.0580. The molecule has 1 aromatic heterocycles. The van der Waals surface area contributed by atoms with Gasteiger partial charge in [-0.05, 0) is 35.2 Å². The maximum Gasteiger partial charge on any atom is 0.251 e. The molecule has 0 aliphatic heterocycles. The van der Waals surface area contributed by atoms with Crippen molar-refractivity contribution in [1.82, 2.24) is 15.1 Å². The molecule has 3 rings (SSSR count). The molecule has 26 heavy (non-hydrogen) atoms. The molecular weight excluding hydrogens is 326 g/mol. The second-order valence-corrected chi connectivity index (χ2v) is 6.05. The summed E-state index contributed by atoms with van der Waals surface area (Å²) in [5, 5.41) is 7.18. The van der Waals surface area contributed by atoms with Gasteiger partial charge in [0.2, 0.25) is 0 Å². The van der Waals surface area contributed by atoms with Gasteiger partial charge in [0.15, 0.2) is 0 Å². The van der Waals surface area contributed by atoms with E-state index in [1.807, 2.05) is 41.2 Å². The van der Waals surface area contributed by atoms with Crippen molar-refractivity contribution in [2.45, 2.75) is 13.0 Å². The van der Waals surface area contributed by atoms with Crippen LogP contribution >= 0.6 is 0 Å². The van der Waals surface area contributed by atoms with Gasteiger partial charge < -0.3 is 10.1 Å². The van der Waals surface area contributed by atoms with Crippen molar-refractivity contribution >= 4 is 5.91 Å². The van der Waals surface area contributed by atoms with Crippen LogP contribution < -0.4 is 5.32 Å². The zero-order chi connectivity index (χ0) is 18.2. The molecule has 0 aliphatic rings. The highest BCUT2D eigenvalue weighted by atomic mass is 16.5. The van der Waals surface area contributed by atoms with E-state index in [-0.39, 0.29) is 5.91 Å². The van der Waals surface area contributed by atoms with Crippen LogP contribution in [0.1, 0.15) is 22.3 Å². The van der Waals surface area contributed by atoms with Gasteiger partial charge in [0, 0.05) is 38.2 Å². The first kappa shape index (κ1) is 17.9. The fraction of sp³-hybridized carbons (Fsp3) is 0.238. The van der Waals surface area contributed by atoms with E-state index in [4.69, 9.17) is 4.74 Å². The molecule has 1 N–H and O–H groups in total. The third-order valence-electron chi connectivity index (χ3n) is 4.15. The quantitative estimate of drug-likeness (QED) is 0.635. The predicted octanol–water partition coefficient (Wildman–Crippen LogP) is 3.36. The number of carbonyl (C=O) groups is 1. The fourth-order valence-corrected chi connectivity index (χ4v) is 2.82. The molecule has 5 nitrogen and oxygen atoms in total. The van der Waals surface area contributed by atoms with Crippen LogP contribution in [0.15, 0.2) is 67.0 Å². The molecular formula is C21H23N3O2. The molecule has 0 spiro atoms. The molecule has 1 heterocycles. The van der Waals surface area contributed by atoms with Crippen LogP contribution in [-0.2, 0) is 11.3 Å². The third kappa shape index (κ3) is 4.58. The largest absolute Gasteiger partial charge is 0.385 e. The summed E-state index contributed by atoms with van der Waals surface area (Å²) in [5.41, 5.74) is 3.81. The van der Waals surface area contributed by atoms with Gasteiger partial charge in [-0.3, -0.25) is 9.48 Å². The minimum Gasteiger partial charge on any atom is -0.385 e. The monoisotopic (exact) mass is 349 g/mol. The summed E-state index contributed by atoms with van der Waals surface area (Å²) >= 11 is 0. The summed E-state index contributed by atoms with van der Waals surface area (Å²) in [6, 6.07) is 17.8. The first-order valence-corrected chi connectivity index (χ1v) is 8.71. The van der Waals surface area contributed by atoms with Gasteiger partial charge in [0.1, 0.15) is 0 Å². The van der Waals surface area contributed by atoms with Gasteiger partial charge in [-0.25, -0.2) is 0 Å². The lowest BCUT2D eigenvalue weighted by Gasteiger charge is -2.11. The minimum absolute atomic E-state index is 0.0580. The van der Waals surface area contributed by atoms with E-state index < -0.39 is 0 Å². The van der Waals surface area contributed by atoms with E-state index in [1.54, 1.807) is 13.3 Å². The molecule has 0 unspecified atom stereocenters. The molecule has 0 saturated heterocycles. The SMILES string of the molecule is COCCCNC(=O)c1ccccc1-c1ccc(Cn2cccn2)cc1. The zero-order valence-electron chi connectivity index (χ0n) is 14.9. The van der Waals surface area contributed by atoms with Crippen molar-refractivity contribution < 1.29 is 9.53 Å². The van der Waals surface area contributed by atoms with Gasteiger partial charge >= 0.3 is 0 Å². The Morgan fingerprint density at radius 2 is 1.92 bits per heavy atom. The number of amides is 1. The number of benzene rings is 2. The Morgan fingerprint density at radius 3 is 2.65 bits per heavy atom. The molecule has 3 aromatic rings. The Labute approximate surface area is 153 Å². The van der Waals surface area contributed by atoms with Crippen LogP contribution in [0, 0.1) is 0 Å². The number of methoxy groups -OCH3 is 1. The highest BCUT2D eigenvalue weighted by Crippen LogP contribution is 2.24. The van der Waals surface area contributed by atoms with Gasteiger partial charge in [0.25, 0.3) is 5.91 Å². The normalized spacial score (nSPS) is 10.7. The molecule has 134 valence electrons. The number of hydrogen-bond donors (Lipinski definition) is 1. The Bertz CT molecular complexity index is 827. The summed E-state index contributed by atoms with van der Waals surface area (Å²) in [4.78, 5) is 12.5. The molecule has 0 bridgehead atoms. The van der Waals surface area contributed by atoms with E-state index in [1.165, 1.54) is 5.56 Å². The summed E-state index contributed by atoms with van der Waals surface area (Å²) in [6.07, 6.45) is 4.51. The lowest BCUT2D eigenvalue weighted by molar-refractivity contribution is 0.0949. The molecule has 0 fully saturated rings. The first-order chi connectivity index (χ1) is 12.8. The van der Waals surface area contributed by atoms with Crippen molar-refractivity contribution in [2.75, 3.05) is 20.3 Å². The number of carbonyl (C=O) groups excluding carboxylic acids is 1. The van der Waals surface area contributed by atoms with Crippen molar-refractivity contribution in [3.63, 3.8) is 0 Å². The Hall–Kier alpha value is -2.92. The van der Waals surface area contributed by atoms with E-state index in [0.717, 1.165) is 24.1 Å². The van der Waals surface area contributed by atoms with E-state index in [9.17, 15) is 4.79 Å². The molecule has 0 aliphatic carbocycles. The first-order valence-electron chi connectivity index (χ1n) is 8.71. The smallest absolute Gasteiger partial charge is 0.251 e. The summed E-state index contributed by atoms with van der Waals surface area (Å²) in [7, 11) is 1.66. The van der Waals surface area contributed by atoms with Crippen LogP contribution in [0.5, 0.6) is 0 Å². The maximum atomic E-state index is 12.5. The van der Waals surface area contributed by atoms with E-state index >= 15 is 0 Å². The molecule has 0 saturated carbocycles. The Kier molecular flexibility index (Phi) is 6.17. The Morgan fingerprint density at radius 1 is 1.12 bits per heavy atom. The lowest BCUT2D eigenvalue weighted by Crippen LogP contribution is -2.25. The van der Waals surface area contributed by atoms with Crippen molar-refractivity contribution in [1.29, 1.82) is 0 Å². The van der Waals surface area contributed by atoms with Crippen LogP contribution in [0.4, 0.5) is 0 Å². The highest BCUT2D eigenvalue weighted by molar-refractivity contribution is 6.00. The predicted molar refractivity (Wildman–Crippen MR) is 102 cm³/mol. The van der Waals surface area contributed by atoms with Crippen LogP contribution in [0.2, 0.25) is 0 Å². The average molecular weight is 349 g/mol. The lowest BCUT2D eigenvalue weighted by atomic mass is 9.98. The van der Waals surface area contributed by atoms with Gasteiger partial charge in [-0.1, -0.05) is 42.5 Å². The van der Waals surface area contributed by atoms with Gasteiger partial charge in [-0.15, -0.1) is 0 Å². The third-order valence-corrected chi connectivity index (χ3v) is 4.15. The number of aromatic nitrogens is 2. The summed E-state index contributed by atoms with van der Waals surface area (Å²) < 4.78 is 6.90. The topological polar surface area (TPSA) is 56.1 Å². The number of ether oxygens (including phenoxy) is 1. The second kappa shape index (κ2) is 8.97. The number of hydrogen-bond acceptors (Lipinski definition) is 3. The van der Waals surface area contributed by atoms with Crippen molar-refractivity contribution in [3.05, 3.63) is 78.1 Å². The standard InChI is InChI=1S/C21H23N3O2/c1-26-15-5-12-22-21(25)20-7-3-2-6-19(20)18-10-8-17(9-11-18)16-24-14-4-13-23-24/h2-4,6-11,13-14H,5,12,15-16H2,1H3,(H,22,25). The van der Waals surface area contributed by atoms with Crippen LogP contribution in [0.3, 0.4) is 0 Å². The molecule has 5 heteroatoms. The second-order valence-electron chi connectivity index (χ2n) is 6.05. The molecule has 0 atom stereocenters. The minimum atomic E-state index is -0.0580. The number of rotatable bonds is 8. The average Bonchev–Trinajstić information content (AvgIpc) is 3.19. The van der Waals surface area contributed by atoms with Crippen molar-refractivity contribution in [2.24, 2.45) is 0 Å². The van der Waals surface area contributed by atoms with E-state index in [0.29, 0.717) is 18.7 Å². The summed E-state index contributed by atoms with van der Waals surface area (Å²) in [6.45, 7) is 1.97. The number of nitrogens with zero attached hydrogens (tertiary/aromatic N) is 2. The van der Waals surface area contributed by atoms with Gasteiger partial charge in [-0.2, -0.15) is 5.10 Å². The van der Waals surface area contributed by atoms with Crippen LogP contribution in [0.25, 0.3) is 11.1 Å². The van der Waals surface area contributed by atoms with Gasteiger partial charge in [0.05, 0.1) is 6.54 Å².